The summed E-state index contributed by atoms with van der Waals surface area (Å²) in [5, 5.41) is 8.96. The molecule has 0 spiro atoms. The second-order valence-corrected chi connectivity index (χ2v) is 7.04. The molecule has 0 unspecified atom stereocenters. The maximum absolute atomic E-state index is 13.0. The van der Waals surface area contributed by atoms with Crippen LogP contribution in [-0.4, -0.2) is 31.4 Å². The molecule has 0 saturated carbocycles. The van der Waals surface area contributed by atoms with E-state index < -0.39 is 16.1 Å². The molecule has 0 aliphatic heterocycles. The van der Waals surface area contributed by atoms with Crippen LogP contribution in [0.3, 0.4) is 0 Å². The Morgan fingerprint density at radius 3 is 2.67 bits per heavy atom. The third kappa shape index (κ3) is 3.40. The number of nitrogens with zero attached hydrogens (tertiary/aromatic N) is 3. The predicted molar refractivity (Wildman–Crippen MR) is 89.9 cm³/mol. The van der Waals surface area contributed by atoms with E-state index in [1.807, 2.05) is 24.3 Å². The van der Waals surface area contributed by atoms with Gasteiger partial charge in [-0.1, -0.05) is 25.1 Å². The fourth-order valence-corrected chi connectivity index (χ4v) is 4.19. The van der Waals surface area contributed by atoms with Crippen molar-refractivity contribution in [3.63, 3.8) is 0 Å². The van der Waals surface area contributed by atoms with Gasteiger partial charge in [0.1, 0.15) is 16.7 Å². The van der Waals surface area contributed by atoms with Gasteiger partial charge in [0.25, 0.3) is 0 Å². The van der Waals surface area contributed by atoms with Gasteiger partial charge in [0, 0.05) is 24.5 Å². The summed E-state index contributed by atoms with van der Waals surface area (Å²) in [5.74, 6) is 0.627. The van der Waals surface area contributed by atoms with Crippen molar-refractivity contribution in [1.29, 1.82) is 5.26 Å². The average Bonchev–Trinajstić information content (AvgIpc) is 2.61. The first kappa shape index (κ1) is 17.9. The second-order valence-electron chi connectivity index (χ2n) is 5.15. The van der Waals surface area contributed by atoms with Crippen molar-refractivity contribution in [2.75, 3.05) is 13.7 Å². The van der Waals surface area contributed by atoms with Crippen LogP contribution in [-0.2, 0) is 10.0 Å². The van der Waals surface area contributed by atoms with E-state index in [1.165, 1.54) is 22.8 Å². The number of hydrogen-bond acceptors (Lipinski definition) is 5. The predicted octanol–water partition coefficient (Wildman–Crippen LogP) is 2.73. The van der Waals surface area contributed by atoms with Gasteiger partial charge in [0.15, 0.2) is 0 Å². The maximum atomic E-state index is 13.0. The fraction of sp³-hybridized carbons (Fsp3) is 0.294. The zero-order valence-electron chi connectivity index (χ0n) is 13.8. The van der Waals surface area contributed by atoms with Crippen molar-refractivity contribution >= 4 is 10.0 Å². The number of rotatable bonds is 6. The monoisotopic (exact) mass is 345 g/mol. The van der Waals surface area contributed by atoms with Gasteiger partial charge in [-0.25, -0.2) is 8.42 Å². The minimum Gasteiger partial charge on any atom is -0.496 e. The highest BCUT2D eigenvalue weighted by molar-refractivity contribution is 7.89. The molecule has 7 heteroatoms. The minimum atomic E-state index is -3.79. The Labute approximate surface area is 142 Å². The zero-order chi connectivity index (χ0) is 17.7. The number of benzene rings is 1. The van der Waals surface area contributed by atoms with Gasteiger partial charge < -0.3 is 4.74 Å². The molecular formula is C17H19N3O3S. The van der Waals surface area contributed by atoms with E-state index in [4.69, 9.17) is 10.00 Å². The number of aromatic nitrogens is 1. The van der Waals surface area contributed by atoms with E-state index in [1.54, 1.807) is 27.0 Å². The summed E-state index contributed by atoms with van der Waals surface area (Å²) in [6.45, 7) is 3.85. The van der Waals surface area contributed by atoms with Crippen LogP contribution in [0.4, 0.5) is 0 Å². The second kappa shape index (κ2) is 7.43. The molecule has 1 aromatic carbocycles. The molecule has 0 bridgehead atoms. The van der Waals surface area contributed by atoms with Gasteiger partial charge in [0.2, 0.25) is 10.0 Å². The number of nitriles is 1. The van der Waals surface area contributed by atoms with Crippen molar-refractivity contribution in [3.05, 3.63) is 53.9 Å². The molecule has 1 heterocycles. The molecular weight excluding hydrogens is 326 g/mol. The summed E-state index contributed by atoms with van der Waals surface area (Å²) in [7, 11) is -2.24. The van der Waals surface area contributed by atoms with Crippen molar-refractivity contribution in [3.8, 4) is 11.8 Å². The van der Waals surface area contributed by atoms with Gasteiger partial charge in [-0.2, -0.15) is 9.57 Å². The maximum Gasteiger partial charge on any atom is 0.245 e. The van der Waals surface area contributed by atoms with Gasteiger partial charge in [0.05, 0.1) is 18.7 Å². The molecule has 0 radical (unpaired) electrons. The first-order chi connectivity index (χ1) is 11.5. The molecule has 1 aromatic heterocycles. The quantitative estimate of drug-likeness (QED) is 0.804. The van der Waals surface area contributed by atoms with E-state index >= 15 is 0 Å². The van der Waals surface area contributed by atoms with Gasteiger partial charge in [-0.3, -0.25) is 4.98 Å². The SMILES string of the molecule is CCN([C@H](C)c1ccccc1OC)S(=O)(=O)c1cncc(C#N)c1. The van der Waals surface area contributed by atoms with E-state index in [2.05, 4.69) is 4.98 Å². The zero-order valence-corrected chi connectivity index (χ0v) is 14.6. The number of para-hydroxylation sites is 1. The molecule has 0 fully saturated rings. The summed E-state index contributed by atoms with van der Waals surface area (Å²) >= 11 is 0. The van der Waals surface area contributed by atoms with Crippen LogP contribution >= 0.6 is 0 Å². The van der Waals surface area contributed by atoms with Crippen molar-refractivity contribution in [2.45, 2.75) is 24.8 Å². The van der Waals surface area contributed by atoms with Crippen LogP contribution in [0.15, 0.2) is 47.6 Å². The standard InChI is InChI=1S/C17H19N3O3S/c1-4-20(13(2)16-7-5-6-8-17(16)23-3)24(21,22)15-9-14(10-18)11-19-12-15/h5-9,11-13H,4H2,1-3H3/t13-/m1/s1. The van der Waals surface area contributed by atoms with E-state index in [0.29, 0.717) is 5.75 Å². The lowest BCUT2D eigenvalue weighted by Crippen LogP contribution is -2.33. The Kier molecular flexibility index (Phi) is 5.54. The first-order valence-corrected chi connectivity index (χ1v) is 8.89. The average molecular weight is 345 g/mol. The molecule has 6 nitrogen and oxygen atoms in total. The lowest BCUT2D eigenvalue weighted by atomic mass is 10.1. The Bertz CT molecular complexity index is 859. The summed E-state index contributed by atoms with van der Waals surface area (Å²) < 4.78 is 32.7. The van der Waals surface area contributed by atoms with E-state index in [0.717, 1.165) is 5.56 Å². The Balaban J connectivity index is 2.48. The molecule has 2 aromatic rings. The number of sulfonamides is 1. The van der Waals surface area contributed by atoms with Crippen molar-refractivity contribution < 1.29 is 13.2 Å². The molecule has 0 aliphatic rings. The summed E-state index contributed by atoms with van der Waals surface area (Å²) in [6, 6.07) is 10.1. The highest BCUT2D eigenvalue weighted by Gasteiger charge is 2.30. The minimum absolute atomic E-state index is 0.00477. The Hall–Kier alpha value is -2.43. The van der Waals surface area contributed by atoms with Crippen molar-refractivity contribution in [2.24, 2.45) is 0 Å². The lowest BCUT2D eigenvalue weighted by Gasteiger charge is -2.28. The van der Waals surface area contributed by atoms with E-state index in [9.17, 15) is 8.42 Å². The normalized spacial score (nSPS) is 12.6. The number of methoxy groups -OCH3 is 1. The lowest BCUT2D eigenvalue weighted by molar-refractivity contribution is 0.339. The Morgan fingerprint density at radius 1 is 1.33 bits per heavy atom. The topological polar surface area (TPSA) is 83.3 Å². The molecule has 0 aliphatic carbocycles. The molecule has 0 amide bonds. The van der Waals surface area contributed by atoms with Crippen LogP contribution in [0, 0.1) is 11.3 Å². The molecule has 126 valence electrons. The summed E-state index contributed by atoms with van der Waals surface area (Å²) in [4.78, 5) is 3.86. The molecule has 1 atom stereocenters. The largest absolute Gasteiger partial charge is 0.496 e. The molecule has 0 N–H and O–H groups in total. The van der Waals surface area contributed by atoms with Crippen LogP contribution in [0.5, 0.6) is 5.75 Å². The highest BCUT2D eigenvalue weighted by atomic mass is 32.2. The van der Waals surface area contributed by atoms with Gasteiger partial charge in [-0.15, -0.1) is 0 Å². The number of hydrogen-bond donors (Lipinski definition) is 0. The first-order valence-electron chi connectivity index (χ1n) is 7.45. The fourth-order valence-electron chi connectivity index (χ4n) is 2.58. The third-order valence-corrected chi connectivity index (χ3v) is 5.79. The summed E-state index contributed by atoms with van der Waals surface area (Å²) in [6.07, 6.45) is 2.59. The molecule has 0 saturated heterocycles. The summed E-state index contributed by atoms with van der Waals surface area (Å²) in [5.41, 5.74) is 0.979. The third-order valence-electron chi connectivity index (χ3n) is 3.78. The van der Waals surface area contributed by atoms with E-state index in [-0.39, 0.29) is 17.0 Å². The van der Waals surface area contributed by atoms with Crippen LogP contribution in [0.2, 0.25) is 0 Å². The van der Waals surface area contributed by atoms with Crippen LogP contribution < -0.4 is 4.74 Å². The van der Waals surface area contributed by atoms with Crippen LogP contribution in [0.25, 0.3) is 0 Å². The number of ether oxygens (including phenoxy) is 1. The van der Waals surface area contributed by atoms with Gasteiger partial charge >= 0.3 is 0 Å². The highest BCUT2D eigenvalue weighted by Crippen LogP contribution is 2.32. The van der Waals surface area contributed by atoms with Crippen LogP contribution in [0.1, 0.15) is 31.0 Å². The number of pyridine rings is 1. The van der Waals surface area contributed by atoms with Crippen molar-refractivity contribution in [1.82, 2.24) is 9.29 Å². The molecule has 24 heavy (non-hydrogen) atoms. The smallest absolute Gasteiger partial charge is 0.245 e. The molecule has 2 rings (SSSR count). The van der Waals surface area contributed by atoms with Gasteiger partial charge in [-0.05, 0) is 19.1 Å². The Morgan fingerprint density at radius 2 is 2.04 bits per heavy atom.